The third kappa shape index (κ3) is 3.51. The zero-order valence-corrected chi connectivity index (χ0v) is 14.1. The summed E-state index contributed by atoms with van der Waals surface area (Å²) in [6.07, 6.45) is 0. The summed E-state index contributed by atoms with van der Waals surface area (Å²) in [5, 5.41) is 2.81. The summed E-state index contributed by atoms with van der Waals surface area (Å²) in [5.41, 5.74) is 1.00. The molecule has 0 aliphatic heterocycles. The SMILES string of the molecule is COc1cccc(NC(=O)c2cc(OC)cc(Br)c2OC)c1. The monoisotopic (exact) mass is 365 g/mol. The number of rotatable bonds is 5. The van der Waals surface area contributed by atoms with E-state index in [0.717, 1.165) is 0 Å². The number of anilines is 1. The maximum atomic E-state index is 12.5. The van der Waals surface area contributed by atoms with E-state index < -0.39 is 0 Å². The number of amides is 1. The van der Waals surface area contributed by atoms with Gasteiger partial charge in [-0.3, -0.25) is 4.79 Å². The lowest BCUT2D eigenvalue weighted by atomic mass is 10.1. The zero-order chi connectivity index (χ0) is 16.1. The van der Waals surface area contributed by atoms with Gasteiger partial charge < -0.3 is 19.5 Å². The van der Waals surface area contributed by atoms with Crippen molar-refractivity contribution in [1.29, 1.82) is 0 Å². The predicted molar refractivity (Wildman–Crippen MR) is 88.2 cm³/mol. The van der Waals surface area contributed by atoms with E-state index in [9.17, 15) is 4.79 Å². The molecule has 0 bridgehead atoms. The third-order valence-corrected chi connectivity index (χ3v) is 3.62. The Balaban J connectivity index is 2.34. The first-order valence-corrected chi connectivity index (χ1v) is 7.25. The maximum absolute atomic E-state index is 12.5. The molecule has 5 nitrogen and oxygen atoms in total. The van der Waals surface area contributed by atoms with Crippen molar-refractivity contribution in [3.8, 4) is 17.2 Å². The van der Waals surface area contributed by atoms with Crippen molar-refractivity contribution in [1.82, 2.24) is 0 Å². The number of ether oxygens (including phenoxy) is 3. The highest BCUT2D eigenvalue weighted by molar-refractivity contribution is 9.10. The van der Waals surface area contributed by atoms with E-state index in [1.165, 1.54) is 14.2 Å². The van der Waals surface area contributed by atoms with Crippen molar-refractivity contribution in [2.75, 3.05) is 26.6 Å². The number of methoxy groups -OCH3 is 3. The minimum atomic E-state index is -0.301. The standard InChI is InChI=1S/C16H16BrNO4/c1-20-11-6-4-5-10(7-11)18-16(19)13-8-12(21-2)9-14(17)15(13)22-3/h4-9H,1-3H3,(H,18,19). The molecule has 1 amide bonds. The van der Waals surface area contributed by atoms with E-state index in [-0.39, 0.29) is 5.91 Å². The number of carbonyl (C=O) groups is 1. The highest BCUT2D eigenvalue weighted by atomic mass is 79.9. The fourth-order valence-electron chi connectivity index (χ4n) is 1.96. The molecule has 0 fully saturated rings. The second kappa shape index (κ2) is 7.17. The molecule has 6 heteroatoms. The fraction of sp³-hybridized carbons (Fsp3) is 0.188. The Hall–Kier alpha value is -2.21. The first-order chi connectivity index (χ1) is 10.6. The van der Waals surface area contributed by atoms with Crippen LogP contribution in [0, 0.1) is 0 Å². The molecule has 0 saturated heterocycles. The number of nitrogens with one attached hydrogen (secondary N) is 1. The van der Waals surface area contributed by atoms with E-state index in [1.807, 2.05) is 0 Å². The van der Waals surface area contributed by atoms with Gasteiger partial charge in [-0.25, -0.2) is 0 Å². The van der Waals surface area contributed by atoms with Gasteiger partial charge in [-0.15, -0.1) is 0 Å². The average molecular weight is 366 g/mol. The van der Waals surface area contributed by atoms with E-state index in [2.05, 4.69) is 21.2 Å². The fourth-order valence-corrected chi connectivity index (χ4v) is 2.56. The van der Waals surface area contributed by atoms with Crippen molar-refractivity contribution in [2.24, 2.45) is 0 Å². The van der Waals surface area contributed by atoms with Crippen LogP contribution in [0.1, 0.15) is 10.4 Å². The minimum absolute atomic E-state index is 0.301. The highest BCUT2D eigenvalue weighted by Crippen LogP contribution is 2.34. The average Bonchev–Trinajstić information content (AvgIpc) is 2.54. The molecule has 0 atom stereocenters. The Morgan fingerprint density at radius 3 is 2.36 bits per heavy atom. The molecule has 1 N–H and O–H groups in total. The number of benzene rings is 2. The maximum Gasteiger partial charge on any atom is 0.259 e. The molecule has 0 heterocycles. The summed E-state index contributed by atoms with van der Waals surface area (Å²) in [5.74, 6) is 1.37. The van der Waals surface area contributed by atoms with Crippen molar-refractivity contribution in [3.05, 3.63) is 46.4 Å². The summed E-state index contributed by atoms with van der Waals surface area (Å²) >= 11 is 3.37. The topological polar surface area (TPSA) is 56.8 Å². The molecule has 0 spiro atoms. The van der Waals surface area contributed by atoms with Gasteiger partial charge in [-0.2, -0.15) is 0 Å². The van der Waals surface area contributed by atoms with Gasteiger partial charge in [0.1, 0.15) is 17.2 Å². The van der Waals surface area contributed by atoms with Crippen molar-refractivity contribution >= 4 is 27.5 Å². The summed E-state index contributed by atoms with van der Waals surface area (Å²) in [7, 11) is 4.62. The molecule has 116 valence electrons. The van der Waals surface area contributed by atoms with Gasteiger partial charge in [-0.05, 0) is 40.2 Å². The molecule has 0 radical (unpaired) electrons. The van der Waals surface area contributed by atoms with Crippen LogP contribution in [0.5, 0.6) is 17.2 Å². The van der Waals surface area contributed by atoms with Crippen LogP contribution in [0.25, 0.3) is 0 Å². The highest BCUT2D eigenvalue weighted by Gasteiger charge is 2.17. The lowest BCUT2D eigenvalue weighted by Crippen LogP contribution is -2.13. The molecular formula is C16H16BrNO4. The third-order valence-electron chi connectivity index (χ3n) is 3.03. The molecule has 22 heavy (non-hydrogen) atoms. The van der Waals surface area contributed by atoms with E-state index in [4.69, 9.17) is 14.2 Å². The van der Waals surface area contributed by atoms with Crippen LogP contribution in [-0.2, 0) is 0 Å². The van der Waals surface area contributed by atoms with Crippen LogP contribution < -0.4 is 19.5 Å². The molecule has 2 rings (SSSR count). The minimum Gasteiger partial charge on any atom is -0.497 e. The van der Waals surface area contributed by atoms with Crippen LogP contribution in [0.3, 0.4) is 0 Å². The van der Waals surface area contributed by atoms with Crippen molar-refractivity contribution in [2.45, 2.75) is 0 Å². The van der Waals surface area contributed by atoms with Gasteiger partial charge in [0, 0.05) is 11.8 Å². The Labute approximate surface area is 137 Å². The van der Waals surface area contributed by atoms with Gasteiger partial charge in [0.05, 0.1) is 31.4 Å². The molecule has 0 aliphatic carbocycles. The van der Waals surface area contributed by atoms with Crippen LogP contribution in [-0.4, -0.2) is 27.2 Å². The van der Waals surface area contributed by atoms with Crippen LogP contribution in [0.15, 0.2) is 40.9 Å². The number of halogens is 1. The molecule has 0 unspecified atom stereocenters. The second-order valence-corrected chi connectivity index (χ2v) is 5.23. The van der Waals surface area contributed by atoms with Gasteiger partial charge in [0.2, 0.25) is 0 Å². The summed E-state index contributed by atoms with van der Waals surface area (Å²) in [6.45, 7) is 0. The molecular weight excluding hydrogens is 350 g/mol. The van der Waals surface area contributed by atoms with Gasteiger partial charge in [0.25, 0.3) is 5.91 Å². The lowest BCUT2D eigenvalue weighted by molar-refractivity contribution is 0.102. The molecule has 0 saturated carbocycles. The zero-order valence-electron chi connectivity index (χ0n) is 12.5. The number of carbonyl (C=O) groups excluding carboxylic acids is 1. The van der Waals surface area contributed by atoms with Crippen molar-refractivity contribution < 1.29 is 19.0 Å². The molecule has 0 aromatic heterocycles. The summed E-state index contributed by atoms with van der Waals surface area (Å²) in [6, 6.07) is 10.5. The quantitative estimate of drug-likeness (QED) is 0.876. The van der Waals surface area contributed by atoms with Gasteiger partial charge in [-0.1, -0.05) is 6.07 Å². The van der Waals surface area contributed by atoms with E-state index in [0.29, 0.717) is 33.0 Å². The summed E-state index contributed by atoms with van der Waals surface area (Å²) in [4.78, 5) is 12.5. The van der Waals surface area contributed by atoms with E-state index >= 15 is 0 Å². The van der Waals surface area contributed by atoms with Crippen LogP contribution in [0.2, 0.25) is 0 Å². The normalized spacial score (nSPS) is 10.0. The van der Waals surface area contributed by atoms with E-state index in [1.54, 1.807) is 43.5 Å². The summed E-state index contributed by atoms with van der Waals surface area (Å²) < 4.78 is 16.3. The van der Waals surface area contributed by atoms with Gasteiger partial charge in [0.15, 0.2) is 0 Å². The molecule has 2 aromatic rings. The molecule has 0 aliphatic rings. The van der Waals surface area contributed by atoms with Gasteiger partial charge >= 0.3 is 0 Å². The molecule has 2 aromatic carbocycles. The van der Waals surface area contributed by atoms with Crippen molar-refractivity contribution in [3.63, 3.8) is 0 Å². The van der Waals surface area contributed by atoms with Crippen LogP contribution in [0.4, 0.5) is 5.69 Å². The number of hydrogen-bond acceptors (Lipinski definition) is 4. The second-order valence-electron chi connectivity index (χ2n) is 4.38. The Kier molecular flexibility index (Phi) is 5.27. The largest absolute Gasteiger partial charge is 0.497 e. The lowest BCUT2D eigenvalue weighted by Gasteiger charge is -2.13. The predicted octanol–water partition coefficient (Wildman–Crippen LogP) is 3.73. The Bertz CT molecular complexity index is 688. The Morgan fingerprint density at radius 1 is 1.00 bits per heavy atom. The van der Waals surface area contributed by atoms with Crippen LogP contribution >= 0.6 is 15.9 Å². The smallest absolute Gasteiger partial charge is 0.259 e. The first kappa shape index (κ1) is 16.2. The first-order valence-electron chi connectivity index (χ1n) is 6.46. The Morgan fingerprint density at radius 2 is 1.73 bits per heavy atom. The number of hydrogen-bond donors (Lipinski definition) is 1.